The van der Waals surface area contributed by atoms with Gasteiger partial charge in [0.2, 0.25) is 0 Å². The van der Waals surface area contributed by atoms with Crippen LogP contribution in [0.4, 0.5) is 40.1 Å². The summed E-state index contributed by atoms with van der Waals surface area (Å²) < 4.78 is 0. The van der Waals surface area contributed by atoms with Gasteiger partial charge in [-0.1, -0.05) is 192 Å². The molecule has 1 aliphatic heterocycles. The molecule has 7 aromatic carbocycles. The molecule has 0 saturated heterocycles. The zero-order valence-electron chi connectivity index (χ0n) is 43.1. The Balaban J connectivity index is 1.14. The van der Waals surface area contributed by atoms with Gasteiger partial charge in [-0.25, -0.2) is 9.97 Å². The van der Waals surface area contributed by atoms with E-state index in [-0.39, 0.29) is 34.5 Å². The van der Waals surface area contributed by atoms with Crippen molar-refractivity contribution in [2.75, 3.05) is 14.7 Å². The lowest BCUT2D eigenvalue weighted by molar-refractivity contribution is 0.660. The Hall–Kier alpha value is -6.98. The highest BCUT2D eigenvalue weighted by molar-refractivity contribution is 5.94. The van der Waals surface area contributed by atoms with Crippen LogP contribution in [0.1, 0.15) is 157 Å². The van der Waals surface area contributed by atoms with E-state index in [2.05, 4.69) is 243 Å². The van der Waals surface area contributed by atoms with Crippen LogP contribution in [0, 0.1) is 6.17 Å². The summed E-state index contributed by atoms with van der Waals surface area (Å²) in [5.74, 6) is 2.76. The molecule has 0 atom stereocenters. The molecule has 0 fully saturated rings. The van der Waals surface area contributed by atoms with Crippen molar-refractivity contribution in [3.05, 3.63) is 214 Å². The van der Waals surface area contributed by atoms with E-state index in [1.807, 2.05) is 12.4 Å². The van der Waals surface area contributed by atoms with E-state index < -0.39 is 0 Å². The van der Waals surface area contributed by atoms with Crippen LogP contribution in [0.2, 0.25) is 0 Å². The van der Waals surface area contributed by atoms with Crippen LogP contribution in [-0.4, -0.2) is 9.97 Å². The van der Waals surface area contributed by atoms with Gasteiger partial charge in [0.25, 0.3) is 0 Å². The summed E-state index contributed by atoms with van der Waals surface area (Å²) in [4.78, 5) is 17.9. The van der Waals surface area contributed by atoms with Crippen molar-refractivity contribution >= 4 is 40.1 Å². The van der Waals surface area contributed by atoms with Gasteiger partial charge in [-0.05, 0) is 127 Å². The molecule has 0 spiro atoms. The van der Waals surface area contributed by atoms with Gasteiger partial charge in [-0.2, -0.15) is 0 Å². The van der Waals surface area contributed by atoms with E-state index in [1.165, 1.54) is 78.1 Å². The van der Waals surface area contributed by atoms with Crippen molar-refractivity contribution in [1.29, 1.82) is 0 Å². The van der Waals surface area contributed by atoms with Gasteiger partial charge >= 0.3 is 0 Å². The van der Waals surface area contributed by atoms with Crippen LogP contribution in [0.5, 0.6) is 0 Å². The minimum absolute atomic E-state index is 0.0922. The van der Waals surface area contributed by atoms with Crippen LogP contribution in [0.25, 0.3) is 22.3 Å². The first-order valence-electron chi connectivity index (χ1n) is 25.5. The van der Waals surface area contributed by atoms with Gasteiger partial charge in [0.1, 0.15) is 0 Å². The first kappa shape index (κ1) is 45.5. The number of anilines is 7. The Morgan fingerprint density at radius 1 is 0.386 bits per heavy atom. The van der Waals surface area contributed by atoms with Crippen LogP contribution >= 0.6 is 0 Å². The molecule has 1 radical (unpaired) electrons. The second-order valence-electron chi connectivity index (χ2n) is 22.1. The molecule has 5 nitrogen and oxygen atoms in total. The predicted molar refractivity (Wildman–Crippen MR) is 294 cm³/mol. The number of nitrogens with zero attached hydrogens (tertiary/aromatic N) is 5. The normalized spacial score (nSPS) is 15.2. The second kappa shape index (κ2) is 16.9. The van der Waals surface area contributed by atoms with E-state index in [4.69, 9.17) is 9.97 Å². The molecule has 5 heteroatoms. The fourth-order valence-electron chi connectivity index (χ4n) is 12.0. The highest BCUT2D eigenvalue weighted by Crippen LogP contribution is 2.58. The molecular formula is C65H66N5. The SMILES string of the molecule is CC(C)c1cccc(C(C)C)c1N1[C](c2ccc(N(c3ccc4c(c3)-c3ccccc3C4(C)C)c3ccc4c(c3)C(C)(C)c3ccccc3-4)cc2)N(c2c(C(C)C)cccc2C(C)C)c2nccnc21. The lowest BCUT2D eigenvalue weighted by Crippen LogP contribution is -2.34. The van der Waals surface area contributed by atoms with Crippen LogP contribution in [-0.2, 0) is 10.8 Å². The predicted octanol–water partition coefficient (Wildman–Crippen LogP) is 17.9. The van der Waals surface area contributed by atoms with E-state index in [9.17, 15) is 0 Å². The van der Waals surface area contributed by atoms with Gasteiger partial charge in [0.15, 0.2) is 17.8 Å². The first-order valence-corrected chi connectivity index (χ1v) is 25.5. The maximum atomic E-state index is 5.25. The Labute approximate surface area is 416 Å². The maximum absolute atomic E-state index is 5.25. The molecule has 70 heavy (non-hydrogen) atoms. The minimum atomic E-state index is -0.149. The maximum Gasteiger partial charge on any atom is 0.199 e. The van der Waals surface area contributed by atoms with Crippen molar-refractivity contribution in [3.63, 3.8) is 0 Å². The molecule has 0 unspecified atom stereocenters. The number of fused-ring (bicyclic) bond motifs is 7. The van der Waals surface area contributed by atoms with Crippen LogP contribution in [0.15, 0.2) is 158 Å². The van der Waals surface area contributed by atoms with Crippen molar-refractivity contribution in [2.45, 2.75) is 118 Å². The number of hydrogen-bond acceptors (Lipinski definition) is 5. The summed E-state index contributed by atoms with van der Waals surface area (Å²) in [5, 5.41) is 0. The van der Waals surface area contributed by atoms with Gasteiger partial charge in [-0.3, -0.25) is 9.80 Å². The standard InChI is InChI=1S/C65H66N5/c1-39(2)47-21-17-22-48(40(3)4)59(47)69-61-62(67-36-35-66-61)70(60-49(41(5)6)23-18-24-50(60)42(7)8)63(69)43-27-29-44(30-28-43)68(45-32-34-57-54(37-45)52-20-14-16-26-56(52)64(57,9)10)46-31-33-53-51-19-13-15-25-55(51)65(11,12)58(53)38-46/h13-42H,1-12H3. The van der Waals surface area contributed by atoms with E-state index in [0.717, 1.165) is 40.4 Å². The van der Waals surface area contributed by atoms with Gasteiger partial charge in [-0.15, -0.1) is 0 Å². The van der Waals surface area contributed by atoms with Crippen LogP contribution in [0.3, 0.4) is 0 Å². The smallest absolute Gasteiger partial charge is 0.199 e. The highest BCUT2D eigenvalue weighted by atomic mass is 15.5. The Morgan fingerprint density at radius 3 is 1.29 bits per heavy atom. The lowest BCUT2D eigenvalue weighted by atomic mass is 9.82. The molecular weight excluding hydrogens is 851 g/mol. The van der Waals surface area contributed by atoms with Crippen molar-refractivity contribution in [2.24, 2.45) is 0 Å². The quantitative estimate of drug-likeness (QED) is 0.137. The van der Waals surface area contributed by atoms with E-state index in [0.29, 0.717) is 0 Å². The van der Waals surface area contributed by atoms with Crippen molar-refractivity contribution < 1.29 is 0 Å². The molecule has 0 N–H and O–H groups in total. The Morgan fingerprint density at radius 2 is 0.786 bits per heavy atom. The van der Waals surface area contributed by atoms with Crippen molar-refractivity contribution in [1.82, 2.24) is 9.97 Å². The fraction of sp³-hybridized carbons (Fsp3) is 0.277. The number of hydrogen-bond donors (Lipinski definition) is 0. The van der Waals surface area contributed by atoms with Gasteiger partial charge in [0, 0.05) is 45.8 Å². The second-order valence-corrected chi connectivity index (χ2v) is 22.1. The molecule has 0 saturated carbocycles. The third-order valence-electron chi connectivity index (χ3n) is 15.7. The number of aromatic nitrogens is 2. The van der Waals surface area contributed by atoms with Gasteiger partial charge in [0.05, 0.1) is 11.4 Å². The fourth-order valence-corrected chi connectivity index (χ4v) is 12.0. The average molecular weight is 917 g/mol. The summed E-state index contributed by atoms with van der Waals surface area (Å²) in [5.41, 5.74) is 22.4. The summed E-state index contributed by atoms with van der Waals surface area (Å²) in [7, 11) is 0. The number of rotatable bonds is 10. The molecule has 351 valence electrons. The van der Waals surface area contributed by atoms with E-state index in [1.54, 1.807) is 0 Å². The van der Waals surface area contributed by atoms with Crippen molar-refractivity contribution in [3.8, 4) is 22.3 Å². The Kier molecular flexibility index (Phi) is 11.0. The monoisotopic (exact) mass is 917 g/mol. The zero-order valence-corrected chi connectivity index (χ0v) is 43.1. The van der Waals surface area contributed by atoms with Gasteiger partial charge < -0.3 is 4.90 Å². The largest absolute Gasteiger partial charge is 0.310 e. The summed E-state index contributed by atoms with van der Waals surface area (Å²) in [6.07, 6.45) is 4.74. The average Bonchev–Trinajstić information content (AvgIpc) is 3.90. The lowest BCUT2D eigenvalue weighted by Gasteiger charge is -2.37. The Bertz CT molecular complexity index is 3170. The third kappa shape index (κ3) is 6.94. The summed E-state index contributed by atoms with van der Waals surface area (Å²) in [6.45, 7) is 27.9. The summed E-state index contributed by atoms with van der Waals surface area (Å²) >= 11 is 0. The third-order valence-corrected chi connectivity index (χ3v) is 15.7. The molecule has 3 aliphatic rings. The molecule has 0 amide bonds. The molecule has 0 bridgehead atoms. The highest BCUT2D eigenvalue weighted by Gasteiger charge is 2.46. The van der Waals surface area contributed by atoms with Crippen LogP contribution < -0.4 is 14.7 Å². The molecule has 2 heterocycles. The molecule has 2 aliphatic carbocycles. The number of benzene rings is 7. The molecule has 1 aromatic heterocycles. The summed E-state index contributed by atoms with van der Waals surface area (Å²) in [6, 6.07) is 55.1. The zero-order chi connectivity index (χ0) is 49.0. The number of para-hydroxylation sites is 2. The topological polar surface area (TPSA) is 35.5 Å². The molecule has 8 aromatic rings. The van der Waals surface area contributed by atoms with E-state index >= 15 is 0 Å². The molecule has 11 rings (SSSR count). The first-order chi connectivity index (χ1) is 33.6. The minimum Gasteiger partial charge on any atom is -0.310 e.